The van der Waals surface area contributed by atoms with Crippen LogP contribution in [0.25, 0.3) is 27.3 Å². The number of benzene rings is 2. The van der Waals surface area contributed by atoms with Crippen molar-refractivity contribution in [3.63, 3.8) is 0 Å². The van der Waals surface area contributed by atoms with Crippen molar-refractivity contribution in [1.82, 2.24) is 45.1 Å². The first-order valence-electron chi connectivity index (χ1n) is 25.9. The van der Waals surface area contributed by atoms with Gasteiger partial charge in [-0.3, -0.25) is 23.6 Å². The molecule has 4 atom stereocenters. The summed E-state index contributed by atoms with van der Waals surface area (Å²) in [5, 5.41) is 34.6. The molecule has 18 nitrogen and oxygen atoms in total. The highest BCUT2D eigenvalue weighted by Crippen LogP contribution is 2.37. The molecule has 0 bridgehead atoms. The average molecular weight is 1060 g/mol. The van der Waals surface area contributed by atoms with Crippen molar-refractivity contribution < 1.29 is 38.5 Å². The Labute approximate surface area is 446 Å². The normalized spacial score (nSPS) is 18.2. The molecule has 0 aliphatic carbocycles. The second kappa shape index (κ2) is 22.4. The van der Waals surface area contributed by atoms with Gasteiger partial charge in [-0.15, -0.1) is 11.3 Å². The number of carbonyl (C=O) groups excluding carboxylic acids is 4. The molecule has 76 heavy (non-hydrogen) atoms. The molecule has 2 saturated heterocycles. The van der Waals surface area contributed by atoms with Crippen LogP contribution in [0, 0.1) is 18.2 Å². The maximum Gasteiger partial charge on any atom is 0.254 e. The van der Waals surface area contributed by atoms with Crippen molar-refractivity contribution in [2.75, 3.05) is 57.2 Å². The van der Waals surface area contributed by atoms with Crippen LogP contribution in [0.2, 0.25) is 0 Å². The van der Waals surface area contributed by atoms with Crippen molar-refractivity contribution in [3.8, 4) is 21.7 Å². The Bertz CT molecular complexity index is 3110. The van der Waals surface area contributed by atoms with Crippen LogP contribution in [0.1, 0.15) is 98.7 Å². The van der Waals surface area contributed by atoms with Crippen molar-refractivity contribution in [2.24, 2.45) is 5.41 Å². The number of imidazole rings is 1. The molecule has 2 aromatic carbocycles. The zero-order valence-corrected chi connectivity index (χ0v) is 45.0. The van der Waals surface area contributed by atoms with Gasteiger partial charge in [-0.1, -0.05) is 51.1 Å². The number of anilines is 3. The molecule has 9 rings (SSSR count). The van der Waals surface area contributed by atoms with Crippen LogP contribution in [0.3, 0.4) is 0 Å². The molecular formula is C56H68FN11O7S. The molecule has 6 N–H and O–H groups in total. The Morgan fingerprint density at radius 2 is 1.80 bits per heavy atom. The second-order valence-electron chi connectivity index (χ2n) is 21.7. The number of pyridine rings is 2. The van der Waals surface area contributed by atoms with Crippen LogP contribution in [0.4, 0.5) is 21.6 Å². The van der Waals surface area contributed by atoms with Gasteiger partial charge in [0.15, 0.2) is 0 Å². The van der Waals surface area contributed by atoms with Gasteiger partial charge in [0, 0.05) is 70.0 Å². The van der Waals surface area contributed by atoms with Gasteiger partial charge in [-0.2, -0.15) is 0 Å². The van der Waals surface area contributed by atoms with E-state index in [0.29, 0.717) is 68.2 Å². The monoisotopic (exact) mass is 1060 g/mol. The summed E-state index contributed by atoms with van der Waals surface area (Å²) in [7, 11) is 3.95. The lowest BCUT2D eigenvalue weighted by molar-refractivity contribution is -0.144. The molecule has 4 aromatic heterocycles. The molecule has 0 radical (unpaired) electrons. The van der Waals surface area contributed by atoms with E-state index in [-0.39, 0.29) is 62.2 Å². The van der Waals surface area contributed by atoms with Gasteiger partial charge in [0.1, 0.15) is 29.4 Å². The first-order valence-corrected chi connectivity index (χ1v) is 26.8. The Kier molecular flexibility index (Phi) is 15.9. The SMILES string of the molecule is Cc1ncsc1-c1ccc([C@H](C)NC(=O)[C@@H]2C[C@@H](O)CN2C(=O)[C@@H](NC(=O)CCCOCC2(O)CCN(c3ccc(Nc4ccc(-c5cnc6cc(F)ccn56)c5c4C(=O)NC5)nc3CN(C)C)CC2)C(C)(C)C)cc1. The second-order valence-corrected chi connectivity index (χ2v) is 22.5. The van der Waals surface area contributed by atoms with Crippen LogP contribution in [0.15, 0.2) is 78.6 Å². The van der Waals surface area contributed by atoms with Gasteiger partial charge in [-0.05, 0) is 93.6 Å². The summed E-state index contributed by atoms with van der Waals surface area (Å²) < 4.78 is 21.7. The van der Waals surface area contributed by atoms with E-state index < -0.39 is 35.1 Å². The quantitative estimate of drug-likeness (QED) is 0.0507. The lowest BCUT2D eigenvalue weighted by Gasteiger charge is -2.39. The fourth-order valence-corrected chi connectivity index (χ4v) is 11.2. The fraction of sp³-hybridized carbons (Fsp3) is 0.446. The van der Waals surface area contributed by atoms with E-state index in [2.05, 4.69) is 36.1 Å². The molecule has 3 aliphatic heterocycles. The first kappa shape index (κ1) is 54.0. The molecule has 0 unspecified atom stereocenters. The summed E-state index contributed by atoms with van der Waals surface area (Å²) in [6, 6.07) is 16.1. The number of fused-ring (bicyclic) bond motifs is 2. The number of likely N-dealkylation sites (tertiary alicyclic amines) is 1. The number of nitrogens with one attached hydrogen (secondary N) is 4. The number of nitrogens with zero attached hydrogens (tertiary/aromatic N) is 7. The number of aryl methyl sites for hydroxylation is 1. The van der Waals surface area contributed by atoms with E-state index in [1.807, 2.05) is 108 Å². The number of hydrogen-bond donors (Lipinski definition) is 6. The number of β-amino-alcohol motifs (C(OH)–C–C–N with tert-alkyl or cyclic N) is 1. The van der Waals surface area contributed by atoms with E-state index in [1.165, 1.54) is 17.0 Å². The standard InChI is InChI=1S/C56H68FN11O7S/c1-33(35-10-12-36(13-11-35)50-34(2)60-32-76-50)61-52(71)44-26-38(69)29-68(44)54(73)51(55(3,4)5)64-48(70)9-8-24-75-31-56(74)19-22-66(23-20-56)43-16-17-46(63-42(43)30-65(6)7)62-41-15-14-39(40-27-59-53(72)49(40)41)45-28-58-47-25-37(57)18-21-67(45)47/h10-18,21,25,28,32-33,38,44,51,69,74H,8-9,19-20,22-24,26-27,29-31H2,1-7H3,(H,59,72)(H,61,71)(H,62,63)(H,64,70)/t33-,38+,44-,51+/m0/s1. The molecule has 2 fully saturated rings. The minimum atomic E-state index is -1.07. The number of rotatable bonds is 18. The van der Waals surface area contributed by atoms with Gasteiger partial charge in [0.2, 0.25) is 17.7 Å². The lowest BCUT2D eigenvalue weighted by atomic mass is 9.85. The average Bonchev–Trinajstić information content (AvgIpc) is 4.19. The van der Waals surface area contributed by atoms with Gasteiger partial charge in [0.25, 0.3) is 5.91 Å². The minimum Gasteiger partial charge on any atom is -0.391 e. The third-order valence-electron chi connectivity index (χ3n) is 14.6. The molecule has 0 spiro atoms. The Morgan fingerprint density at radius 1 is 1.04 bits per heavy atom. The van der Waals surface area contributed by atoms with Crippen molar-refractivity contribution >= 4 is 57.8 Å². The van der Waals surface area contributed by atoms with Crippen LogP contribution in [-0.2, 0) is 32.2 Å². The summed E-state index contributed by atoms with van der Waals surface area (Å²) in [5.41, 5.74) is 8.67. The summed E-state index contributed by atoms with van der Waals surface area (Å²) in [6.45, 7) is 11.7. The Balaban J connectivity index is 0.754. The number of hydrogen-bond acceptors (Lipinski definition) is 14. The third kappa shape index (κ3) is 11.9. The highest BCUT2D eigenvalue weighted by Gasteiger charge is 2.45. The number of aromatic nitrogens is 4. The number of amides is 4. The number of halogens is 1. The molecular weight excluding hydrogens is 990 g/mol. The van der Waals surface area contributed by atoms with Gasteiger partial charge in [0.05, 0.1) is 75.0 Å². The Hall–Kier alpha value is -6.84. The van der Waals surface area contributed by atoms with E-state index in [9.17, 15) is 33.8 Å². The number of ether oxygens (including phenoxy) is 1. The van der Waals surface area contributed by atoms with Crippen LogP contribution in [0.5, 0.6) is 0 Å². The lowest BCUT2D eigenvalue weighted by Crippen LogP contribution is -2.57. The predicted octanol–water partition coefficient (Wildman–Crippen LogP) is 6.51. The summed E-state index contributed by atoms with van der Waals surface area (Å²) in [5.74, 6) is -1.16. The molecule has 3 aliphatic rings. The number of carbonyl (C=O) groups is 4. The number of piperidine rings is 1. The molecule has 402 valence electrons. The molecule has 7 heterocycles. The summed E-state index contributed by atoms with van der Waals surface area (Å²) in [4.78, 5) is 75.1. The first-order chi connectivity index (χ1) is 36.2. The van der Waals surface area contributed by atoms with E-state index in [1.54, 1.807) is 28.1 Å². The van der Waals surface area contributed by atoms with E-state index >= 15 is 0 Å². The van der Waals surface area contributed by atoms with Gasteiger partial charge >= 0.3 is 0 Å². The van der Waals surface area contributed by atoms with Gasteiger partial charge < -0.3 is 50.9 Å². The molecule has 20 heteroatoms. The maximum atomic E-state index is 14.2. The number of thiazole rings is 1. The van der Waals surface area contributed by atoms with E-state index in [4.69, 9.17) is 9.72 Å². The van der Waals surface area contributed by atoms with E-state index in [0.717, 1.165) is 49.9 Å². The maximum absolute atomic E-state index is 14.2. The van der Waals surface area contributed by atoms with Gasteiger partial charge in [-0.25, -0.2) is 19.3 Å². The number of aliphatic hydroxyl groups is 2. The fourth-order valence-electron chi connectivity index (χ4n) is 10.4. The van der Waals surface area contributed by atoms with Crippen molar-refractivity contribution in [2.45, 2.75) is 110 Å². The predicted molar refractivity (Wildman–Crippen MR) is 289 cm³/mol. The van der Waals surface area contributed by atoms with Crippen molar-refractivity contribution in [3.05, 3.63) is 112 Å². The highest BCUT2D eigenvalue weighted by molar-refractivity contribution is 7.13. The summed E-state index contributed by atoms with van der Waals surface area (Å²) in [6.07, 6.45) is 3.84. The molecule has 0 saturated carbocycles. The highest BCUT2D eigenvalue weighted by atomic mass is 32.1. The largest absolute Gasteiger partial charge is 0.391 e. The summed E-state index contributed by atoms with van der Waals surface area (Å²) >= 11 is 1.57. The smallest absolute Gasteiger partial charge is 0.254 e. The minimum absolute atomic E-state index is 0.0253. The number of aliphatic hydroxyl groups excluding tert-OH is 1. The van der Waals surface area contributed by atoms with Crippen LogP contribution in [-0.4, -0.2) is 134 Å². The van der Waals surface area contributed by atoms with Crippen molar-refractivity contribution in [1.29, 1.82) is 0 Å². The topological polar surface area (TPSA) is 219 Å². The van der Waals surface area contributed by atoms with Crippen LogP contribution >= 0.6 is 11.3 Å². The zero-order valence-electron chi connectivity index (χ0n) is 44.2. The molecule has 4 amide bonds. The zero-order chi connectivity index (χ0) is 54.1. The Morgan fingerprint density at radius 3 is 2.51 bits per heavy atom. The van der Waals surface area contributed by atoms with Crippen LogP contribution < -0.4 is 26.2 Å². The molecule has 6 aromatic rings. The third-order valence-corrected chi connectivity index (χ3v) is 15.5.